The van der Waals surface area contributed by atoms with E-state index in [-0.39, 0.29) is 0 Å². The lowest BCUT2D eigenvalue weighted by molar-refractivity contribution is 0.185. The first-order valence-corrected chi connectivity index (χ1v) is 5.17. The molecule has 2 aromatic heterocycles. The van der Waals surface area contributed by atoms with E-state index >= 15 is 0 Å². The Hall–Kier alpha value is -1.54. The highest BCUT2D eigenvalue weighted by Crippen LogP contribution is 2.00. The largest absolute Gasteiger partial charge is 0.383 e. The van der Waals surface area contributed by atoms with Crippen molar-refractivity contribution in [1.82, 2.24) is 29.5 Å². The van der Waals surface area contributed by atoms with Crippen molar-refractivity contribution in [3.8, 4) is 0 Å². The van der Waals surface area contributed by atoms with Crippen molar-refractivity contribution in [3.05, 3.63) is 23.3 Å². The Morgan fingerprint density at radius 1 is 1.56 bits per heavy atom. The maximum Gasteiger partial charge on any atom is 0.195 e. The van der Waals surface area contributed by atoms with Crippen LogP contribution >= 0.6 is 12.2 Å². The van der Waals surface area contributed by atoms with Gasteiger partial charge in [0.15, 0.2) is 10.6 Å². The van der Waals surface area contributed by atoms with E-state index in [4.69, 9.17) is 17.0 Å². The summed E-state index contributed by atoms with van der Waals surface area (Å²) < 4.78 is 9.18. The van der Waals surface area contributed by atoms with Crippen molar-refractivity contribution in [3.63, 3.8) is 0 Å². The Labute approximate surface area is 97.1 Å². The van der Waals surface area contributed by atoms with Crippen LogP contribution in [0.15, 0.2) is 12.7 Å². The second kappa shape index (κ2) is 4.99. The van der Waals surface area contributed by atoms with Gasteiger partial charge in [-0.3, -0.25) is 5.10 Å². The van der Waals surface area contributed by atoms with Gasteiger partial charge in [0.2, 0.25) is 0 Å². The fourth-order valence-corrected chi connectivity index (χ4v) is 1.59. The van der Waals surface area contributed by atoms with Crippen molar-refractivity contribution >= 4 is 12.2 Å². The molecule has 0 amide bonds. The lowest BCUT2D eigenvalue weighted by Gasteiger charge is -2.05. The molecule has 0 fully saturated rings. The number of ether oxygens (including phenoxy) is 1. The summed E-state index contributed by atoms with van der Waals surface area (Å²) in [7, 11) is 1.65. The van der Waals surface area contributed by atoms with Gasteiger partial charge in [-0.1, -0.05) is 0 Å². The summed E-state index contributed by atoms with van der Waals surface area (Å²) in [5, 5.41) is 10.9. The molecule has 0 unspecified atom stereocenters. The van der Waals surface area contributed by atoms with E-state index in [0.717, 1.165) is 5.82 Å². The van der Waals surface area contributed by atoms with Crippen LogP contribution in [0.1, 0.15) is 5.82 Å². The lowest BCUT2D eigenvalue weighted by Crippen LogP contribution is -2.12. The van der Waals surface area contributed by atoms with Crippen LogP contribution in [0.2, 0.25) is 0 Å². The summed E-state index contributed by atoms with van der Waals surface area (Å²) in [5.74, 6) is 0.813. The molecule has 8 heteroatoms. The highest BCUT2D eigenvalue weighted by Gasteiger charge is 2.06. The Balaban J connectivity index is 2.17. The van der Waals surface area contributed by atoms with Crippen LogP contribution in [-0.4, -0.2) is 43.2 Å². The van der Waals surface area contributed by atoms with Crippen LogP contribution in [0.4, 0.5) is 0 Å². The summed E-state index contributed by atoms with van der Waals surface area (Å²) >= 11 is 5.13. The second-order valence-electron chi connectivity index (χ2n) is 3.18. The number of hydrogen-bond donors (Lipinski definition) is 1. The van der Waals surface area contributed by atoms with Gasteiger partial charge in [0, 0.05) is 7.11 Å². The number of rotatable bonds is 5. The number of aromatic amines is 1. The molecule has 0 spiro atoms. The summed E-state index contributed by atoms with van der Waals surface area (Å²) in [4.78, 5) is 3.87. The molecular weight excluding hydrogens is 228 g/mol. The van der Waals surface area contributed by atoms with Gasteiger partial charge in [-0.2, -0.15) is 10.2 Å². The van der Waals surface area contributed by atoms with E-state index in [1.807, 2.05) is 4.57 Å². The smallest absolute Gasteiger partial charge is 0.195 e. The molecule has 0 bridgehead atoms. The Morgan fingerprint density at radius 2 is 2.44 bits per heavy atom. The Morgan fingerprint density at radius 3 is 3.12 bits per heavy atom. The van der Waals surface area contributed by atoms with E-state index in [1.165, 1.54) is 6.33 Å². The molecule has 0 aliphatic carbocycles. The molecule has 0 aromatic carbocycles. The number of H-pyrrole nitrogens is 1. The Bertz CT molecular complexity index is 487. The number of nitrogens with one attached hydrogen (secondary N) is 1. The SMILES string of the molecule is COCCn1c(Cn2cncn2)n[nH]c1=S. The molecule has 0 saturated carbocycles. The predicted molar refractivity (Wildman–Crippen MR) is 58.4 cm³/mol. The van der Waals surface area contributed by atoms with Crippen LogP contribution in [-0.2, 0) is 17.8 Å². The molecule has 86 valence electrons. The van der Waals surface area contributed by atoms with Gasteiger partial charge in [-0.25, -0.2) is 9.67 Å². The van der Waals surface area contributed by atoms with Gasteiger partial charge in [0.25, 0.3) is 0 Å². The molecule has 2 aromatic rings. The average Bonchev–Trinajstić information content (AvgIpc) is 2.88. The molecule has 7 nitrogen and oxygen atoms in total. The monoisotopic (exact) mass is 240 g/mol. The van der Waals surface area contributed by atoms with Crippen LogP contribution in [0.25, 0.3) is 0 Å². The number of methoxy groups -OCH3 is 1. The summed E-state index contributed by atoms with van der Waals surface area (Å²) in [6, 6.07) is 0. The lowest BCUT2D eigenvalue weighted by atomic mass is 10.5. The first-order valence-electron chi connectivity index (χ1n) is 4.76. The highest BCUT2D eigenvalue weighted by molar-refractivity contribution is 7.71. The second-order valence-corrected chi connectivity index (χ2v) is 3.57. The standard InChI is InChI=1S/C8H12N6OS/c1-15-3-2-14-7(11-12-8(14)16)4-13-6-9-5-10-13/h5-6H,2-4H2,1H3,(H,12,16). The van der Waals surface area contributed by atoms with Crippen LogP contribution in [0.5, 0.6) is 0 Å². The zero-order valence-electron chi connectivity index (χ0n) is 8.83. The highest BCUT2D eigenvalue weighted by atomic mass is 32.1. The normalized spacial score (nSPS) is 10.8. The minimum Gasteiger partial charge on any atom is -0.383 e. The van der Waals surface area contributed by atoms with Crippen LogP contribution < -0.4 is 0 Å². The molecule has 16 heavy (non-hydrogen) atoms. The van der Waals surface area contributed by atoms with Gasteiger partial charge in [0.1, 0.15) is 19.2 Å². The molecule has 0 aliphatic heterocycles. The third-order valence-corrected chi connectivity index (χ3v) is 2.44. The zero-order chi connectivity index (χ0) is 11.4. The molecular formula is C8H12N6OS. The first-order chi connectivity index (χ1) is 7.81. The number of aromatic nitrogens is 6. The Kier molecular flexibility index (Phi) is 3.42. The topological polar surface area (TPSA) is 73.6 Å². The minimum absolute atomic E-state index is 0.539. The van der Waals surface area contributed by atoms with Crippen LogP contribution in [0.3, 0.4) is 0 Å². The van der Waals surface area contributed by atoms with Crippen molar-refractivity contribution in [2.45, 2.75) is 13.1 Å². The van der Waals surface area contributed by atoms with E-state index in [2.05, 4.69) is 20.3 Å². The van der Waals surface area contributed by atoms with Crippen molar-refractivity contribution in [2.24, 2.45) is 0 Å². The summed E-state index contributed by atoms with van der Waals surface area (Å²) in [6.45, 7) is 1.81. The zero-order valence-corrected chi connectivity index (χ0v) is 9.65. The van der Waals surface area contributed by atoms with Gasteiger partial charge < -0.3 is 9.30 Å². The summed E-state index contributed by atoms with van der Waals surface area (Å²) in [5.41, 5.74) is 0. The van der Waals surface area contributed by atoms with Crippen molar-refractivity contribution in [2.75, 3.05) is 13.7 Å². The maximum absolute atomic E-state index is 5.13. The predicted octanol–water partition coefficient (Wildman–Crippen LogP) is 0.227. The van der Waals surface area contributed by atoms with Gasteiger partial charge >= 0.3 is 0 Å². The van der Waals surface area contributed by atoms with Gasteiger partial charge in [0.05, 0.1) is 13.2 Å². The average molecular weight is 240 g/mol. The molecule has 1 N–H and O–H groups in total. The molecule has 0 atom stereocenters. The fraction of sp³-hybridized carbons (Fsp3) is 0.500. The summed E-state index contributed by atoms with van der Waals surface area (Å²) in [6.07, 6.45) is 3.12. The third-order valence-electron chi connectivity index (χ3n) is 2.13. The molecule has 2 heterocycles. The molecule has 0 saturated heterocycles. The van der Waals surface area contributed by atoms with Crippen LogP contribution in [0, 0.1) is 4.77 Å². The van der Waals surface area contributed by atoms with E-state index in [9.17, 15) is 0 Å². The van der Waals surface area contributed by atoms with Gasteiger partial charge in [-0.05, 0) is 12.2 Å². The molecule has 2 rings (SSSR count). The number of nitrogens with zero attached hydrogens (tertiary/aromatic N) is 5. The van der Waals surface area contributed by atoms with Crippen molar-refractivity contribution in [1.29, 1.82) is 0 Å². The first kappa shape index (κ1) is 11.0. The van der Waals surface area contributed by atoms with E-state index in [1.54, 1.807) is 18.1 Å². The molecule has 0 aliphatic rings. The fourth-order valence-electron chi connectivity index (χ4n) is 1.34. The van der Waals surface area contributed by atoms with Gasteiger partial charge in [-0.15, -0.1) is 0 Å². The maximum atomic E-state index is 5.13. The molecule has 0 radical (unpaired) electrons. The van der Waals surface area contributed by atoms with Crippen molar-refractivity contribution < 1.29 is 4.74 Å². The van der Waals surface area contributed by atoms with E-state index in [0.29, 0.717) is 24.5 Å². The quantitative estimate of drug-likeness (QED) is 0.757. The number of hydrogen-bond acceptors (Lipinski definition) is 5. The van der Waals surface area contributed by atoms with E-state index < -0.39 is 0 Å². The minimum atomic E-state index is 0.539. The third kappa shape index (κ3) is 2.34.